The van der Waals surface area contributed by atoms with E-state index in [9.17, 15) is 9.59 Å². The summed E-state index contributed by atoms with van der Waals surface area (Å²) in [5.41, 5.74) is -0.572. The molecule has 0 fully saturated rings. The maximum absolute atomic E-state index is 12.1. The number of hydrogen-bond donors (Lipinski definition) is 1. The van der Waals surface area contributed by atoms with Gasteiger partial charge < -0.3 is 19.6 Å². The van der Waals surface area contributed by atoms with Gasteiger partial charge in [-0.15, -0.1) is 0 Å². The number of carboxylic acid groups (broad SMARTS) is 1. The fraction of sp³-hybridized carbons (Fsp3) is 0.867. The number of amides is 1. The van der Waals surface area contributed by atoms with Crippen molar-refractivity contribution in [1.29, 1.82) is 0 Å². The van der Waals surface area contributed by atoms with Gasteiger partial charge in [0.15, 0.2) is 0 Å². The molecule has 0 unspecified atom stereocenters. The van der Waals surface area contributed by atoms with Gasteiger partial charge in [0.2, 0.25) is 0 Å². The number of carbonyl (C=O) groups is 2. The van der Waals surface area contributed by atoms with E-state index in [1.807, 2.05) is 0 Å². The minimum absolute atomic E-state index is 0.0650. The van der Waals surface area contributed by atoms with Crippen LogP contribution < -0.4 is 0 Å². The van der Waals surface area contributed by atoms with Crippen LogP contribution >= 0.6 is 0 Å². The first-order chi connectivity index (χ1) is 9.69. The Kier molecular flexibility index (Phi) is 9.01. The lowest BCUT2D eigenvalue weighted by molar-refractivity contribution is -0.137. The molecular weight excluding hydrogens is 272 g/mol. The van der Waals surface area contributed by atoms with Crippen molar-refractivity contribution in [2.45, 2.75) is 53.1 Å². The van der Waals surface area contributed by atoms with E-state index in [1.54, 1.807) is 20.8 Å². The predicted molar refractivity (Wildman–Crippen MR) is 82.5 cm³/mol. The highest BCUT2D eigenvalue weighted by Crippen LogP contribution is 2.11. The van der Waals surface area contributed by atoms with Gasteiger partial charge in [0.05, 0.1) is 6.42 Å². The zero-order valence-electron chi connectivity index (χ0n) is 14.0. The van der Waals surface area contributed by atoms with Crippen molar-refractivity contribution in [3.63, 3.8) is 0 Å². The summed E-state index contributed by atoms with van der Waals surface area (Å²) in [7, 11) is 0. The highest BCUT2D eigenvalue weighted by Gasteiger charge is 2.22. The Morgan fingerprint density at radius 3 is 2.05 bits per heavy atom. The lowest BCUT2D eigenvalue weighted by Crippen LogP contribution is -2.39. The molecule has 1 N–H and O–H groups in total. The summed E-state index contributed by atoms with van der Waals surface area (Å²) in [6, 6.07) is 0. The summed E-state index contributed by atoms with van der Waals surface area (Å²) in [5.74, 6) is -0.910. The molecule has 0 aliphatic rings. The zero-order valence-corrected chi connectivity index (χ0v) is 14.0. The summed E-state index contributed by atoms with van der Waals surface area (Å²) in [6.45, 7) is 13.1. The van der Waals surface area contributed by atoms with E-state index >= 15 is 0 Å². The van der Waals surface area contributed by atoms with Crippen LogP contribution in [0.15, 0.2) is 0 Å². The van der Waals surface area contributed by atoms with Crippen molar-refractivity contribution in [2.75, 3.05) is 32.7 Å². The van der Waals surface area contributed by atoms with Gasteiger partial charge in [-0.2, -0.15) is 0 Å². The smallest absolute Gasteiger partial charge is 0.410 e. The monoisotopic (exact) mass is 302 g/mol. The van der Waals surface area contributed by atoms with Crippen molar-refractivity contribution in [3.8, 4) is 0 Å². The number of rotatable bonds is 9. The molecule has 0 bridgehead atoms. The third-order valence-electron chi connectivity index (χ3n) is 3.04. The molecule has 0 atom stereocenters. The molecule has 0 aromatic rings. The molecule has 0 aliphatic carbocycles. The normalized spacial score (nSPS) is 11.5. The topological polar surface area (TPSA) is 70.1 Å². The average molecular weight is 302 g/mol. The van der Waals surface area contributed by atoms with Gasteiger partial charge in [-0.25, -0.2) is 4.79 Å². The van der Waals surface area contributed by atoms with E-state index in [0.717, 1.165) is 26.1 Å². The van der Waals surface area contributed by atoms with E-state index in [0.29, 0.717) is 6.54 Å². The average Bonchev–Trinajstić information content (AvgIpc) is 2.35. The first kappa shape index (κ1) is 19.7. The Bertz CT molecular complexity index is 322. The zero-order chi connectivity index (χ0) is 16.5. The molecule has 0 saturated heterocycles. The quantitative estimate of drug-likeness (QED) is 0.708. The molecule has 21 heavy (non-hydrogen) atoms. The second kappa shape index (κ2) is 9.60. The molecule has 6 nitrogen and oxygen atoms in total. The van der Waals surface area contributed by atoms with Gasteiger partial charge in [-0.1, -0.05) is 13.8 Å². The lowest BCUT2D eigenvalue weighted by Gasteiger charge is -2.28. The van der Waals surface area contributed by atoms with E-state index in [-0.39, 0.29) is 13.0 Å². The highest BCUT2D eigenvalue weighted by atomic mass is 16.6. The van der Waals surface area contributed by atoms with Crippen LogP contribution in [-0.4, -0.2) is 65.3 Å². The summed E-state index contributed by atoms with van der Waals surface area (Å²) >= 11 is 0. The molecule has 0 heterocycles. The van der Waals surface area contributed by atoms with Crippen LogP contribution in [-0.2, 0) is 9.53 Å². The summed E-state index contributed by atoms with van der Waals surface area (Å²) in [4.78, 5) is 26.5. The number of hydrogen-bond acceptors (Lipinski definition) is 4. The second-order valence-electron chi connectivity index (χ2n) is 5.99. The number of aliphatic carboxylic acids is 1. The van der Waals surface area contributed by atoms with Crippen LogP contribution in [0.1, 0.15) is 47.5 Å². The van der Waals surface area contributed by atoms with Crippen molar-refractivity contribution in [3.05, 3.63) is 0 Å². The van der Waals surface area contributed by atoms with Crippen molar-refractivity contribution in [1.82, 2.24) is 9.80 Å². The van der Waals surface area contributed by atoms with E-state index in [4.69, 9.17) is 9.84 Å². The third-order valence-corrected chi connectivity index (χ3v) is 3.04. The predicted octanol–water partition coefficient (Wildman–Crippen LogP) is 2.43. The van der Waals surface area contributed by atoms with Gasteiger partial charge in [-0.05, 0) is 46.8 Å². The molecule has 0 aromatic carbocycles. The molecule has 124 valence electrons. The molecule has 6 heteroatoms. The van der Waals surface area contributed by atoms with Crippen LogP contribution in [0.3, 0.4) is 0 Å². The van der Waals surface area contributed by atoms with Gasteiger partial charge in [0.1, 0.15) is 5.60 Å². The Labute approximate surface area is 128 Å². The van der Waals surface area contributed by atoms with Crippen LogP contribution in [0.5, 0.6) is 0 Å². The molecule has 0 spiro atoms. The number of carbonyl (C=O) groups excluding carboxylic acids is 1. The van der Waals surface area contributed by atoms with Crippen LogP contribution in [0.4, 0.5) is 4.79 Å². The van der Waals surface area contributed by atoms with E-state index < -0.39 is 17.7 Å². The molecular formula is C15H30N2O4. The van der Waals surface area contributed by atoms with Gasteiger partial charge in [0, 0.05) is 13.1 Å². The number of carboxylic acids is 1. The molecule has 0 saturated carbocycles. The van der Waals surface area contributed by atoms with Crippen LogP contribution in [0, 0.1) is 0 Å². The maximum Gasteiger partial charge on any atom is 0.410 e. The largest absolute Gasteiger partial charge is 0.481 e. The molecule has 0 radical (unpaired) electrons. The lowest BCUT2D eigenvalue weighted by atomic mass is 10.2. The minimum atomic E-state index is -0.910. The first-order valence-electron chi connectivity index (χ1n) is 7.61. The summed E-state index contributed by atoms with van der Waals surface area (Å²) in [6.07, 6.45) is 0.300. The number of ether oxygens (including phenoxy) is 1. The fourth-order valence-corrected chi connectivity index (χ4v) is 1.88. The Morgan fingerprint density at radius 1 is 1.05 bits per heavy atom. The van der Waals surface area contributed by atoms with Crippen molar-refractivity contribution >= 4 is 12.1 Å². The summed E-state index contributed by atoms with van der Waals surface area (Å²) < 4.78 is 5.32. The molecule has 0 aromatic heterocycles. The second-order valence-corrected chi connectivity index (χ2v) is 5.99. The standard InChI is InChI=1S/C15H30N2O4/c1-6-16(7-2)10-8-11-17(12-9-13(18)19)14(20)21-15(3,4)5/h6-12H2,1-5H3,(H,18,19). The van der Waals surface area contributed by atoms with Crippen LogP contribution in [0.2, 0.25) is 0 Å². The van der Waals surface area contributed by atoms with Gasteiger partial charge in [0.25, 0.3) is 0 Å². The van der Waals surface area contributed by atoms with Gasteiger partial charge >= 0.3 is 12.1 Å². The maximum atomic E-state index is 12.1. The van der Waals surface area contributed by atoms with E-state index in [1.165, 1.54) is 4.90 Å². The molecule has 0 aliphatic heterocycles. The fourth-order valence-electron chi connectivity index (χ4n) is 1.88. The molecule has 0 rings (SSSR count). The van der Waals surface area contributed by atoms with Gasteiger partial charge in [-0.3, -0.25) is 4.79 Å². The van der Waals surface area contributed by atoms with E-state index in [2.05, 4.69) is 18.7 Å². The minimum Gasteiger partial charge on any atom is -0.481 e. The molecule has 1 amide bonds. The van der Waals surface area contributed by atoms with Crippen molar-refractivity contribution in [2.24, 2.45) is 0 Å². The Hall–Kier alpha value is -1.30. The number of nitrogens with zero attached hydrogens (tertiary/aromatic N) is 2. The highest BCUT2D eigenvalue weighted by molar-refractivity contribution is 5.70. The van der Waals surface area contributed by atoms with Crippen molar-refractivity contribution < 1.29 is 19.4 Å². The first-order valence-corrected chi connectivity index (χ1v) is 7.61. The Balaban J connectivity index is 4.44. The third kappa shape index (κ3) is 10.1. The summed E-state index contributed by atoms with van der Waals surface area (Å²) in [5, 5.41) is 8.78. The van der Waals surface area contributed by atoms with Crippen LogP contribution in [0.25, 0.3) is 0 Å². The Morgan fingerprint density at radius 2 is 1.62 bits per heavy atom. The SMILES string of the molecule is CCN(CC)CCCN(CCC(=O)O)C(=O)OC(C)(C)C.